The zero-order valence-electron chi connectivity index (χ0n) is 7.22. The SMILES string of the molecule is CCC(C#N)c1cc(Br)ccc1Cl. The van der Waals surface area contributed by atoms with Gasteiger partial charge in [-0.2, -0.15) is 5.26 Å². The molecule has 0 aromatic heterocycles. The summed E-state index contributed by atoms with van der Waals surface area (Å²) < 4.78 is 0.959. The molecule has 1 unspecified atom stereocenters. The number of nitriles is 1. The number of benzene rings is 1. The molecule has 0 fully saturated rings. The Labute approximate surface area is 91.5 Å². The monoisotopic (exact) mass is 257 g/mol. The van der Waals surface area contributed by atoms with Gasteiger partial charge in [0, 0.05) is 9.50 Å². The minimum atomic E-state index is -0.106. The highest BCUT2D eigenvalue weighted by atomic mass is 79.9. The van der Waals surface area contributed by atoms with Crippen LogP contribution in [0.15, 0.2) is 22.7 Å². The van der Waals surface area contributed by atoms with E-state index in [1.807, 2.05) is 19.1 Å². The van der Waals surface area contributed by atoms with E-state index < -0.39 is 0 Å². The van der Waals surface area contributed by atoms with Crippen LogP contribution in [0.4, 0.5) is 0 Å². The van der Waals surface area contributed by atoms with Crippen molar-refractivity contribution in [2.75, 3.05) is 0 Å². The third-order valence-electron chi connectivity index (χ3n) is 1.90. The Morgan fingerprint density at radius 1 is 1.62 bits per heavy atom. The van der Waals surface area contributed by atoms with E-state index in [1.165, 1.54) is 0 Å². The fourth-order valence-electron chi connectivity index (χ4n) is 1.16. The summed E-state index contributed by atoms with van der Waals surface area (Å²) in [6.07, 6.45) is 0.784. The number of nitrogens with zero attached hydrogens (tertiary/aromatic N) is 1. The molecule has 0 aliphatic carbocycles. The van der Waals surface area contributed by atoms with Crippen LogP contribution in [0.25, 0.3) is 0 Å². The van der Waals surface area contributed by atoms with E-state index >= 15 is 0 Å². The van der Waals surface area contributed by atoms with E-state index in [0.29, 0.717) is 5.02 Å². The van der Waals surface area contributed by atoms with Crippen molar-refractivity contribution in [2.24, 2.45) is 0 Å². The number of hydrogen-bond donors (Lipinski definition) is 0. The zero-order chi connectivity index (χ0) is 9.84. The molecule has 0 spiro atoms. The molecule has 0 saturated heterocycles. The van der Waals surface area contributed by atoms with Crippen LogP contribution in [-0.2, 0) is 0 Å². The molecular formula is C10H9BrClN. The van der Waals surface area contributed by atoms with E-state index in [-0.39, 0.29) is 5.92 Å². The predicted octanol–water partition coefficient (Wildman–Crippen LogP) is 4.12. The third kappa shape index (κ3) is 2.46. The minimum Gasteiger partial charge on any atom is -0.198 e. The van der Waals surface area contributed by atoms with Gasteiger partial charge >= 0.3 is 0 Å². The van der Waals surface area contributed by atoms with E-state index in [2.05, 4.69) is 22.0 Å². The van der Waals surface area contributed by atoms with Gasteiger partial charge in [0.05, 0.1) is 12.0 Å². The second kappa shape index (κ2) is 4.64. The van der Waals surface area contributed by atoms with Gasteiger partial charge in [0.2, 0.25) is 0 Å². The molecule has 0 heterocycles. The summed E-state index contributed by atoms with van der Waals surface area (Å²) in [5.74, 6) is -0.106. The quantitative estimate of drug-likeness (QED) is 0.783. The lowest BCUT2D eigenvalue weighted by Crippen LogP contribution is -1.94. The van der Waals surface area contributed by atoms with Crippen LogP contribution in [0.1, 0.15) is 24.8 Å². The van der Waals surface area contributed by atoms with Crippen molar-refractivity contribution in [1.29, 1.82) is 5.26 Å². The van der Waals surface area contributed by atoms with Crippen molar-refractivity contribution in [3.8, 4) is 6.07 Å². The predicted molar refractivity (Wildman–Crippen MR) is 57.8 cm³/mol. The number of halogens is 2. The van der Waals surface area contributed by atoms with Gasteiger partial charge in [-0.05, 0) is 30.2 Å². The third-order valence-corrected chi connectivity index (χ3v) is 2.74. The lowest BCUT2D eigenvalue weighted by molar-refractivity contribution is 0.818. The average molecular weight is 259 g/mol. The topological polar surface area (TPSA) is 23.8 Å². The highest BCUT2D eigenvalue weighted by Gasteiger charge is 2.11. The number of rotatable bonds is 2. The van der Waals surface area contributed by atoms with Crippen LogP contribution in [-0.4, -0.2) is 0 Å². The normalized spacial score (nSPS) is 12.2. The first kappa shape index (κ1) is 10.6. The molecule has 0 N–H and O–H groups in total. The van der Waals surface area contributed by atoms with E-state index in [4.69, 9.17) is 16.9 Å². The molecule has 3 heteroatoms. The molecule has 13 heavy (non-hydrogen) atoms. The van der Waals surface area contributed by atoms with Crippen LogP contribution in [0, 0.1) is 11.3 Å². The van der Waals surface area contributed by atoms with Crippen LogP contribution in [0.3, 0.4) is 0 Å². The highest BCUT2D eigenvalue weighted by molar-refractivity contribution is 9.10. The molecule has 0 saturated carbocycles. The fraction of sp³-hybridized carbons (Fsp3) is 0.300. The fourth-order valence-corrected chi connectivity index (χ4v) is 1.79. The molecule has 0 bridgehead atoms. The molecule has 0 amide bonds. The van der Waals surface area contributed by atoms with Gasteiger partial charge in [-0.15, -0.1) is 0 Å². The smallest absolute Gasteiger partial charge is 0.0725 e. The van der Waals surface area contributed by atoms with Crippen LogP contribution < -0.4 is 0 Å². The van der Waals surface area contributed by atoms with Crippen molar-refractivity contribution in [3.05, 3.63) is 33.3 Å². The summed E-state index contributed by atoms with van der Waals surface area (Å²) in [4.78, 5) is 0. The van der Waals surface area contributed by atoms with Crippen LogP contribution in [0.2, 0.25) is 5.02 Å². The van der Waals surface area contributed by atoms with E-state index in [1.54, 1.807) is 6.07 Å². The second-order valence-corrected chi connectivity index (χ2v) is 4.08. The summed E-state index contributed by atoms with van der Waals surface area (Å²) in [7, 11) is 0. The van der Waals surface area contributed by atoms with E-state index in [0.717, 1.165) is 16.5 Å². The summed E-state index contributed by atoms with van der Waals surface area (Å²) in [5, 5.41) is 9.53. The molecule has 68 valence electrons. The Morgan fingerprint density at radius 3 is 2.85 bits per heavy atom. The Hall–Kier alpha value is -0.520. The maximum Gasteiger partial charge on any atom is 0.0725 e. The molecule has 1 rings (SSSR count). The van der Waals surface area contributed by atoms with Crippen molar-refractivity contribution < 1.29 is 0 Å². The van der Waals surface area contributed by atoms with Crippen molar-refractivity contribution >= 4 is 27.5 Å². The lowest BCUT2D eigenvalue weighted by Gasteiger charge is -2.08. The Bertz CT molecular complexity index is 343. The van der Waals surface area contributed by atoms with Gasteiger partial charge in [0.25, 0.3) is 0 Å². The Morgan fingerprint density at radius 2 is 2.31 bits per heavy atom. The first-order valence-electron chi connectivity index (χ1n) is 4.03. The Balaban J connectivity index is 3.13. The van der Waals surface area contributed by atoms with Crippen molar-refractivity contribution in [2.45, 2.75) is 19.3 Å². The molecule has 0 aliphatic heterocycles. The summed E-state index contributed by atoms with van der Waals surface area (Å²) in [6.45, 7) is 1.98. The molecule has 1 nitrogen and oxygen atoms in total. The second-order valence-electron chi connectivity index (χ2n) is 2.76. The van der Waals surface area contributed by atoms with Gasteiger partial charge in [0.1, 0.15) is 0 Å². The summed E-state index contributed by atoms with van der Waals surface area (Å²) in [6, 6.07) is 7.81. The van der Waals surface area contributed by atoms with Crippen molar-refractivity contribution in [3.63, 3.8) is 0 Å². The van der Waals surface area contributed by atoms with Gasteiger partial charge in [-0.25, -0.2) is 0 Å². The summed E-state index contributed by atoms with van der Waals surface area (Å²) >= 11 is 9.33. The maximum atomic E-state index is 8.87. The first-order valence-corrected chi connectivity index (χ1v) is 5.20. The van der Waals surface area contributed by atoms with Crippen LogP contribution in [0.5, 0.6) is 0 Å². The molecule has 1 atom stereocenters. The highest BCUT2D eigenvalue weighted by Crippen LogP contribution is 2.29. The molecule has 0 aliphatic rings. The van der Waals surface area contributed by atoms with Crippen LogP contribution >= 0.6 is 27.5 Å². The van der Waals surface area contributed by atoms with Gasteiger partial charge in [-0.3, -0.25) is 0 Å². The van der Waals surface area contributed by atoms with Gasteiger partial charge in [-0.1, -0.05) is 34.5 Å². The lowest BCUT2D eigenvalue weighted by atomic mass is 9.98. The largest absolute Gasteiger partial charge is 0.198 e. The standard InChI is InChI=1S/C10H9BrClN/c1-2-7(6-13)9-5-8(11)3-4-10(9)12/h3-5,7H,2H2,1H3. The number of hydrogen-bond acceptors (Lipinski definition) is 1. The minimum absolute atomic E-state index is 0.106. The molecule has 1 aromatic rings. The van der Waals surface area contributed by atoms with Gasteiger partial charge < -0.3 is 0 Å². The zero-order valence-corrected chi connectivity index (χ0v) is 9.56. The molecule has 1 aromatic carbocycles. The van der Waals surface area contributed by atoms with E-state index in [9.17, 15) is 0 Å². The average Bonchev–Trinajstić information content (AvgIpc) is 2.13. The molecular weight excluding hydrogens is 249 g/mol. The molecule has 0 radical (unpaired) electrons. The first-order chi connectivity index (χ1) is 6.19. The maximum absolute atomic E-state index is 8.87. The Kier molecular flexibility index (Phi) is 3.77. The summed E-state index contributed by atoms with van der Waals surface area (Å²) in [5.41, 5.74) is 0.904. The van der Waals surface area contributed by atoms with Crippen molar-refractivity contribution in [1.82, 2.24) is 0 Å². The van der Waals surface area contributed by atoms with Gasteiger partial charge in [0.15, 0.2) is 0 Å².